The molecule has 2 atom stereocenters. The Kier molecular flexibility index (Phi) is 7.68. The number of carbonyl (C=O) groups excluding carboxylic acids is 2. The first-order chi connectivity index (χ1) is 12.3. The monoisotopic (exact) mass is 384 g/mol. The number of hydrogen-bond donors (Lipinski definition) is 2. The molecular formula is C20H36N2O3S. The topological polar surface area (TPSA) is 75.3 Å². The van der Waals surface area contributed by atoms with Crippen LogP contribution in [-0.2, 0) is 15.6 Å². The highest BCUT2D eigenvalue weighted by molar-refractivity contribution is 7.86. The van der Waals surface area contributed by atoms with Crippen molar-refractivity contribution < 1.29 is 13.8 Å². The number of rotatable bonds is 6. The summed E-state index contributed by atoms with van der Waals surface area (Å²) in [7, 11) is -1.02. The third-order valence-corrected chi connectivity index (χ3v) is 8.06. The van der Waals surface area contributed by atoms with Crippen molar-refractivity contribution in [3.05, 3.63) is 0 Å². The standard InChI is InChI=1S/C20H36N2O3S/c1-19(2,3)26(25)15-20(12-8-5-9-13-20)22-18(24)21-17(14-23)16-10-6-4-7-11-16/h14,16-17H,4-13,15H2,1-3H3,(H2,21,22,24). The highest BCUT2D eigenvalue weighted by Gasteiger charge is 2.38. The number of hydrogen-bond acceptors (Lipinski definition) is 3. The molecule has 2 rings (SSSR count). The van der Waals surface area contributed by atoms with E-state index < -0.39 is 22.4 Å². The summed E-state index contributed by atoms with van der Waals surface area (Å²) in [4.78, 5) is 24.2. The molecule has 0 radical (unpaired) electrons. The van der Waals surface area contributed by atoms with Crippen molar-refractivity contribution in [2.24, 2.45) is 5.92 Å². The van der Waals surface area contributed by atoms with Crippen LogP contribution in [0.1, 0.15) is 85.0 Å². The fraction of sp³-hybridized carbons (Fsp3) is 0.900. The molecule has 0 aromatic carbocycles. The highest BCUT2D eigenvalue weighted by atomic mass is 32.2. The van der Waals surface area contributed by atoms with Crippen molar-refractivity contribution in [2.45, 2.75) is 101 Å². The maximum absolute atomic E-state index is 12.7. The molecule has 2 aliphatic carbocycles. The summed E-state index contributed by atoms with van der Waals surface area (Å²) in [6.45, 7) is 5.93. The molecule has 0 aliphatic heterocycles. The normalized spacial score (nSPS) is 23.7. The molecule has 26 heavy (non-hydrogen) atoms. The van der Waals surface area contributed by atoms with E-state index >= 15 is 0 Å². The summed E-state index contributed by atoms with van der Waals surface area (Å²) in [5, 5.41) is 6.04. The summed E-state index contributed by atoms with van der Waals surface area (Å²) in [5.74, 6) is 0.733. The number of amides is 2. The molecule has 2 unspecified atom stereocenters. The second-order valence-corrected chi connectivity index (χ2v) is 11.3. The molecule has 0 aromatic heterocycles. The zero-order valence-electron chi connectivity index (χ0n) is 16.6. The Morgan fingerprint density at radius 1 is 1.12 bits per heavy atom. The van der Waals surface area contributed by atoms with Crippen molar-refractivity contribution in [2.75, 3.05) is 5.75 Å². The molecule has 0 heterocycles. The van der Waals surface area contributed by atoms with Crippen molar-refractivity contribution in [3.8, 4) is 0 Å². The van der Waals surface area contributed by atoms with E-state index in [9.17, 15) is 13.8 Å². The first-order valence-corrected chi connectivity index (χ1v) is 11.5. The Balaban J connectivity index is 2.01. The first-order valence-electron chi connectivity index (χ1n) is 10.2. The van der Waals surface area contributed by atoms with Crippen LogP contribution in [0.5, 0.6) is 0 Å². The van der Waals surface area contributed by atoms with Gasteiger partial charge in [0.05, 0.1) is 11.6 Å². The van der Waals surface area contributed by atoms with Gasteiger partial charge in [-0.05, 0) is 52.4 Å². The average Bonchev–Trinajstić information content (AvgIpc) is 2.60. The van der Waals surface area contributed by atoms with Gasteiger partial charge in [0, 0.05) is 21.3 Å². The minimum atomic E-state index is -1.02. The third-order valence-electron chi connectivity index (χ3n) is 5.88. The van der Waals surface area contributed by atoms with Crippen LogP contribution in [0.15, 0.2) is 0 Å². The Labute approximate surface area is 160 Å². The molecule has 2 N–H and O–H groups in total. The van der Waals surface area contributed by atoms with Crippen molar-refractivity contribution in [1.29, 1.82) is 0 Å². The molecule has 0 spiro atoms. The lowest BCUT2D eigenvalue weighted by Crippen LogP contribution is -2.59. The number of urea groups is 1. The van der Waals surface area contributed by atoms with E-state index in [0.29, 0.717) is 5.75 Å². The summed E-state index contributed by atoms with van der Waals surface area (Å²) in [6, 6.07) is -0.690. The Bertz CT molecular complexity index is 504. The number of nitrogens with one attached hydrogen (secondary N) is 2. The predicted octanol–water partition coefficient (Wildman–Crippen LogP) is 3.68. The van der Waals surface area contributed by atoms with Crippen molar-refractivity contribution >= 4 is 23.1 Å². The van der Waals surface area contributed by atoms with Gasteiger partial charge in [-0.15, -0.1) is 0 Å². The van der Waals surface area contributed by atoms with Crippen LogP contribution in [-0.4, -0.2) is 38.6 Å². The molecule has 0 aromatic rings. The van der Waals surface area contributed by atoms with E-state index in [1.807, 2.05) is 20.8 Å². The van der Waals surface area contributed by atoms with E-state index in [-0.39, 0.29) is 16.7 Å². The average molecular weight is 385 g/mol. The van der Waals surface area contributed by atoms with Gasteiger partial charge in [0.2, 0.25) is 0 Å². The van der Waals surface area contributed by atoms with Gasteiger partial charge in [-0.25, -0.2) is 4.79 Å². The maximum atomic E-state index is 12.7. The van der Waals surface area contributed by atoms with Crippen LogP contribution < -0.4 is 10.6 Å². The Morgan fingerprint density at radius 2 is 1.69 bits per heavy atom. The van der Waals surface area contributed by atoms with Gasteiger partial charge in [0.25, 0.3) is 0 Å². The fourth-order valence-corrected chi connectivity index (χ4v) is 5.48. The van der Waals surface area contributed by atoms with Gasteiger partial charge in [0.1, 0.15) is 6.29 Å². The molecule has 0 bridgehead atoms. The number of carbonyl (C=O) groups is 2. The van der Waals surface area contributed by atoms with Gasteiger partial charge in [-0.3, -0.25) is 4.21 Å². The molecular weight excluding hydrogens is 348 g/mol. The molecule has 0 saturated heterocycles. The summed E-state index contributed by atoms with van der Waals surface area (Å²) in [5.41, 5.74) is -0.416. The zero-order chi connectivity index (χ0) is 19.2. The van der Waals surface area contributed by atoms with E-state index in [1.165, 1.54) is 6.42 Å². The second-order valence-electron chi connectivity index (χ2n) is 9.10. The second kappa shape index (κ2) is 9.34. The Morgan fingerprint density at radius 3 is 2.23 bits per heavy atom. The minimum Gasteiger partial charge on any atom is -0.332 e. The molecule has 6 heteroatoms. The lowest BCUT2D eigenvalue weighted by atomic mass is 9.83. The highest BCUT2D eigenvalue weighted by Crippen LogP contribution is 2.31. The van der Waals surface area contributed by atoms with Crippen molar-refractivity contribution in [3.63, 3.8) is 0 Å². The lowest BCUT2D eigenvalue weighted by molar-refractivity contribution is -0.110. The lowest BCUT2D eigenvalue weighted by Gasteiger charge is -2.40. The van der Waals surface area contributed by atoms with E-state index in [0.717, 1.165) is 64.1 Å². The first kappa shape index (κ1) is 21.4. The van der Waals surface area contributed by atoms with Gasteiger partial charge in [-0.1, -0.05) is 38.5 Å². The summed E-state index contributed by atoms with van der Waals surface area (Å²) in [6.07, 6.45) is 11.3. The van der Waals surface area contributed by atoms with Gasteiger partial charge >= 0.3 is 6.03 Å². The maximum Gasteiger partial charge on any atom is 0.315 e. The molecule has 2 saturated carbocycles. The van der Waals surface area contributed by atoms with Crippen LogP contribution >= 0.6 is 0 Å². The van der Waals surface area contributed by atoms with Crippen LogP contribution in [0.25, 0.3) is 0 Å². The molecule has 150 valence electrons. The van der Waals surface area contributed by atoms with Gasteiger partial charge in [0.15, 0.2) is 0 Å². The smallest absolute Gasteiger partial charge is 0.315 e. The fourth-order valence-electron chi connectivity index (χ4n) is 4.19. The minimum absolute atomic E-state index is 0.248. The predicted molar refractivity (Wildman–Crippen MR) is 107 cm³/mol. The SMILES string of the molecule is CC(C)(C)S(=O)CC1(NC(=O)NC(C=O)C2CCCCC2)CCCCC1. The molecule has 2 fully saturated rings. The third kappa shape index (κ3) is 6.07. The molecule has 2 amide bonds. The van der Waals surface area contributed by atoms with E-state index in [4.69, 9.17) is 0 Å². The van der Waals surface area contributed by atoms with Crippen molar-refractivity contribution in [1.82, 2.24) is 10.6 Å². The van der Waals surface area contributed by atoms with Crippen LogP contribution in [0.2, 0.25) is 0 Å². The molecule has 2 aliphatic rings. The van der Waals surface area contributed by atoms with Crippen LogP contribution in [0, 0.1) is 5.92 Å². The van der Waals surface area contributed by atoms with E-state index in [2.05, 4.69) is 10.6 Å². The number of aldehydes is 1. The van der Waals surface area contributed by atoms with Crippen LogP contribution in [0.4, 0.5) is 4.79 Å². The quantitative estimate of drug-likeness (QED) is 0.686. The van der Waals surface area contributed by atoms with Gasteiger partial charge < -0.3 is 15.4 Å². The Hall–Kier alpha value is -0.910. The van der Waals surface area contributed by atoms with E-state index in [1.54, 1.807) is 0 Å². The molecule has 5 nitrogen and oxygen atoms in total. The van der Waals surface area contributed by atoms with Crippen LogP contribution in [0.3, 0.4) is 0 Å². The zero-order valence-corrected chi connectivity index (χ0v) is 17.5. The summed E-state index contributed by atoms with van der Waals surface area (Å²) >= 11 is 0. The largest absolute Gasteiger partial charge is 0.332 e. The van der Waals surface area contributed by atoms with Gasteiger partial charge in [-0.2, -0.15) is 0 Å². The summed E-state index contributed by atoms with van der Waals surface area (Å²) < 4.78 is 12.4.